The Kier molecular flexibility index (Phi) is 8.53. The molecular formula is C16H16ClN3O4S. The second-order valence-electron chi connectivity index (χ2n) is 4.81. The highest BCUT2D eigenvalue weighted by atomic mass is 35.5. The monoisotopic (exact) mass is 381 g/mol. The Morgan fingerprint density at radius 1 is 1.32 bits per heavy atom. The van der Waals surface area contributed by atoms with Crippen LogP contribution in [0.5, 0.6) is 0 Å². The number of esters is 1. The van der Waals surface area contributed by atoms with Crippen molar-refractivity contribution >= 4 is 46.7 Å². The summed E-state index contributed by atoms with van der Waals surface area (Å²) < 4.78 is 4.75. The molecule has 3 N–H and O–H groups in total. The van der Waals surface area contributed by atoms with Gasteiger partial charge in [0.15, 0.2) is 12.4 Å². The molecular weight excluding hydrogens is 366 g/mol. The number of hydrogen-bond acceptors (Lipinski definition) is 7. The first-order chi connectivity index (χ1) is 11.8. The van der Waals surface area contributed by atoms with Crippen LogP contribution in [0.2, 0.25) is 5.02 Å². The first-order valence-electron chi connectivity index (χ1n) is 6.99. The van der Waals surface area contributed by atoms with Gasteiger partial charge in [0.1, 0.15) is 5.92 Å². The smallest absolute Gasteiger partial charge is 0.316 e. The molecule has 0 aliphatic heterocycles. The summed E-state index contributed by atoms with van der Waals surface area (Å²) >= 11 is 6.78. The molecule has 1 amide bonds. The van der Waals surface area contributed by atoms with E-state index in [2.05, 4.69) is 11.9 Å². The quantitative estimate of drug-likeness (QED) is 0.624. The van der Waals surface area contributed by atoms with Gasteiger partial charge in [-0.05, 0) is 24.3 Å². The molecule has 0 unspecified atom stereocenters. The highest BCUT2D eigenvalue weighted by Crippen LogP contribution is 2.14. The van der Waals surface area contributed by atoms with Crippen molar-refractivity contribution < 1.29 is 19.1 Å². The summed E-state index contributed by atoms with van der Waals surface area (Å²) in [5, 5.41) is 12.0. The van der Waals surface area contributed by atoms with Gasteiger partial charge in [-0.3, -0.25) is 14.4 Å². The summed E-state index contributed by atoms with van der Waals surface area (Å²) in [4.78, 5) is 34.9. The van der Waals surface area contributed by atoms with Crippen LogP contribution in [0.3, 0.4) is 0 Å². The van der Waals surface area contributed by atoms with E-state index in [1.807, 2.05) is 0 Å². The van der Waals surface area contributed by atoms with Gasteiger partial charge >= 0.3 is 5.97 Å². The largest absolute Gasteiger partial charge is 0.457 e. The number of nitrogens with one attached hydrogen (secondary N) is 1. The fourth-order valence-electron chi connectivity index (χ4n) is 1.60. The number of benzene rings is 1. The zero-order valence-electron chi connectivity index (χ0n) is 13.2. The molecule has 1 aromatic carbocycles. The maximum absolute atomic E-state index is 11.7. The number of hydrogen-bond donors (Lipinski definition) is 2. The number of nitrogens with two attached hydrogens (primary N) is 1. The van der Waals surface area contributed by atoms with Crippen molar-refractivity contribution in [3.63, 3.8) is 0 Å². The third-order valence-electron chi connectivity index (χ3n) is 2.78. The van der Waals surface area contributed by atoms with E-state index in [0.29, 0.717) is 10.7 Å². The fourth-order valence-corrected chi connectivity index (χ4v) is 2.33. The van der Waals surface area contributed by atoms with Gasteiger partial charge in [0.05, 0.1) is 17.6 Å². The third kappa shape index (κ3) is 7.74. The van der Waals surface area contributed by atoms with Gasteiger partial charge in [-0.25, -0.2) is 0 Å². The Morgan fingerprint density at radius 3 is 2.52 bits per heavy atom. The topological polar surface area (TPSA) is 122 Å². The summed E-state index contributed by atoms with van der Waals surface area (Å²) in [6.07, 6.45) is 0. The van der Waals surface area contributed by atoms with Crippen LogP contribution in [0.25, 0.3) is 0 Å². The molecule has 0 aliphatic carbocycles. The summed E-state index contributed by atoms with van der Waals surface area (Å²) in [7, 11) is 0. The predicted octanol–water partition coefficient (Wildman–Crippen LogP) is 1.74. The number of nitriles is 1. The average Bonchev–Trinajstić information content (AvgIpc) is 2.55. The number of Topliss-reactive ketones (excluding diaryl/α,β-unsaturated/α-hetero) is 1. The molecule has 0 fully saturated rings. The summed E-state index contributed by atoms with van der Waals surface area (Å²) in [5.41, 5.74) is 5.80. The molecule has 0 aromatic heterocycles. The van der Waals surface area contributed by atoms with E-state index in [1.54, 1.807) is 30.3 Å². The summed E-state index contributed by atoms with van der Waals surface area (Å²) in [6.45, 7) is 2.76. The van der Waals surface area contributed by atoms with Gasteiger partial charge in [-0.15, -0.1) is 11.8 Å². The van der Waals surface area contributed by atoms with Crippen molar-refractivity contribution in [2.45, 2.75) is 0 Å². The normalized spacial score (nSPS) is 11.0. The molecule has 0 saturated heterocycles. The molecule has 0 bridgehead atoms. The molecule has 0 aliphatic rings. The molecule has 1 atom stereocenters. The third-order valence-corrected chi connectivity index (χ3v) is 3.94. The summed E-state index contributed by atoms with van der Waals surface area (Å²) in [5.74, 6) is -2.88. The number of halogens is 1. The van der Waals surface area contributed by atoms with E-state index in [4.69, 9.17) is 27.3 Å². The van der Waals surface area contributed by atoms with E-state index in [-0.39, 0.29) is 23.1 Å². The molecule has 0 saturated carbocycles. The van der Waals surface area contributed by atoms with Crippen LogP contribution in [-0.2, 0) is 19.1 Å². The van der Waals surface area contributed by atoms with Crippen LogP contribution in [0.4, 0.5) is 5.69 Å². The molecule has 1 aromatic rings. The number of ether oxygens (including phenoxy) is 1. The second-order valence-corrected chi connectivity index (χ2v) is 6.23. The molecule has 0 heterocycles. The van der Waals surface area contributed by atoms with Gasteiger partial charge in [0.25, 0.3) is 0 Å². The van der Waals surface area contributed by atoms with Gasteiger partial charge in [-0.1, -0.05) is 18.2 Å². The lowest BCUT2D eigenvalue weighted by molar-refractivity contribution is -0.145. The van der Waals surface area contributed by atoms with Crippen LogP contribution in [0, 0.1) is 17.2 Å². The van der Waals surface area contributed by atoms with E-state index >= 15 is 0 Å². The number of amides is 1. The molecule has 7 nitrogen and oxygen atoms in total. The molecule has 9 heteroatoms. The maximum atomic E-state index is 11.7. The zero-order valence-corrected chi connectivity index (χ0v) is 14.7. The van der Waals surface area contributed by atoms with E-state index in [9.17, 15) is 14.4 Å². The minimum absolute atomic E-state index is 0.0338. The van der Waals surface area contributed by atoms with Crippen molar-refractivity contribution in [1.29, 1.82) is 5.26 Å². The minimum Gasteiger partial charge on any atom is -0.457 e. The number of ketones is 1. The minimum atomic E-state index is -1.20. The molecule has 0 radical (unpaired) electrons. The second kappa shape index (κ2) is 10.4. The molecule has 132 valence electrons. The fraction of sp³-hybridized carbons (Fsp3) is 0.250. The number of carbonyl (C=O) groups is 3. The Morgan fingerprint density at radius 2 is 1.96 bits per heavy atom. The predicted molar refractivity (Wildman–Crippen MR) is 95.8 cm³/mol. The van der Waals surface area contributed by atoms with Gasteiger partial charge < -0.3 is 15.8 Å². The van der Waals surface area contributed by atoms with Gasteiger partial charge in [-0.2, -0.15) is 5.26 Å². The first kappa shape index (κ1) is 20.5. The van der Waals surface area contributed by atoms with Crippen LogP contribution in [-0.4, -0.2) is 35.8 Å². The van der Waals surface area contributed by atoms with E-state index in [1.165, 1.54) is 0 Å². The van der Waals surface area contributed by atoms with E-state index < -0.39 is 24.3 Å². The Hall–Kier alpha value is -2.50. The maximum Gasteiger partial charge on any atom is 0.316 e. The number of anilines is 1. The highest BCUT2D eigenvalue weighted by molar-refractivity contribution is 8.00. The van der Waals surface area contributed by atoms with Gasteiger partial charge in [0.2, 0.25) is 5.91 Å². The number of nitrogens with zero attached hydrogens (tertiary/aromatic N) is 1. The number of thioether (sulfide) groups is 1. The molecule has 1 rings (SSSR count). The van der Waals surface area contributed by atoms with Crippen LogP contribution < -0.4 is 11.1 Å². The highest BCUT2D eigenvalue weighted by Gasteiger charge is 2.20. The first-order valence-corrected chi connectivity index (χ1v) is 8.52. The van der Waals surface area contributed by atoms with Crippen LogP contribution >= 0.6 is 23.4 Å². The standard InChI is InChI=1S/C16H16ClN3O4S/c1-10(19)13(6-18)14(21)7-24-16(23)9-25-8-15(22)20-12-4-2-11(17)3-5-12/h2-5,13H,1,7-9,19H2,(H,20,22)/t13-/m0/s1. The van der Waals surface area contributed by atoms with Crippen molar-refractivity contribution in [3.8, 4) is 6.07 Å². The SMILES string of the molecule is C=C(N)[C@H](C#N)C(=O)COC(=O)CSCC(=O)Nc1ccc(Cl)cc1. The lowest BCUT2D eigenvalue weighted by atomic mass is 10.0. The zero-order chi connectivity index (χ0) is 18.8. The van der Waals surface area contributed by atoms with Crippen molar-refractivity contribution in [1.82, 2.24) is 0 Å². The Balaban J connectivity index is 2.27. The van der Waals surface area contributed by atoms with Crippen molar-refractivity contribution in [3.05, 3.63) is 41.6 Å². The number of carbonyl (C=O) groups excluding carboxylic acids is 3. The number of allylic oxidation sites excluding steroid dienone is 1. The van der Waals surface area contributed by atoms with Crippen LogP contribution in [0.1, 0.15) is 0 Å². The van der Waals surface area contributed by atoms with Crippen molar-refractivity contribution in [2.75, 3.05) is 23.4 Å². The summed E-state index contributed by atoms with van der Waals surface area (Å²) in [6, 6.07) is 8.27. The average molecular weight is 382 g/mol. The molecule has 0 spiro atoms. The number of rotatable bonds is 9. The van der Waals surface area contributed by atoms with E-state index in [0.717, 1.165) is 11.8 Å². The molecule has 25 heavy (non-hydrogen) atoms. The Labute approximate surface area is 154 Å². The van der Waals surface area contributed by atoms with Crippen molar-refractivity contribution in [2.24, 2.45) is 11.7 Å². The lowest BCUT2D eigenvalue weighted by Gasteiger charge is -2.08. The Bertz CT molecular complexity index is 700. The van der Waals surface area contributed by atoms with Gasteiger partial charge in [0, 0.05) is 16.4 Å². The lowest BCUT2D eigenvalue weighted by Crippen LogP contribution is -2.25. The van der Waals surface area contributed by atoms with Crippen LogP contribution in [0.15, 0.2) is 36.5 Å².